The van der Waals surface area contributed by atoms with Crippen LogP contribution in [-0.4, -0.2) is 61.3 Å². The zero-order chi connectivity index (χ0) is 27.4. The Morgan fingerprint density at radius 1 is 1.00 bits per heavy atom. The molecule has 1 aromatic heterocycles. The number of nitrogens with one attached hydrogen (secondary N) is 1. The van der Waals surface area contributed by atoms with Crippen molar-refractivity contribution >= 4 is 22.4 Å². The number of methoxy groups -OCH3 is 3. The lowest BCUT2D eigenvalue weighted by Gasteiger charge is -2.29. The van der Waals surface area contributed by atoms with Crippen LogP contribution in [0.4, 0.5) is 20.3 Å². The minimum atomic E-state index is -3.50. The second-order valence-corrected chi connectivity index (χ2v) is 9.24. The van der Waals surface area contributed by atoms with Crippen molar-refractivity contribution in [3.8, 4) is 11.5 Å². The molecule has 1 heterocycles. The molecule has 0 fully saturated rings. The van der Waals surface area contributed by atoms with E-state index in [1.807, 2.05) is 0 Å². The van der Waals surface area contributed by atoms with E-state index in [1.54, 1.807) is 39.3 Å². The molecule has 0 spiro atoms. The van der Waals surface area contributed by atoms with Gasteiger partial charge in [-0.15, -0.1) is 0 Å². The molecule has 0 bridgehead atoms. The summed E-state index contributed by atoms with van der Waals surface area (Å²) in [6.07, 6.45) is -0.382. The predicted molar refractivity (Wildman–Crippen MR) is 137 cm³/mol. The van der Waals surface area contributed by atoms with Crippen LogP contribution in [0.25, 0.3) is 10.9 Å². The fourth-order valence-corrected chi connectivity index (χ4v) is 3.85. The Hall–Kier alpha value is -3.28. The summed E-state index contributed by atoms with van der Waals surface area (Å²) < 4.78 is 51.6. The lowest BCUT2D eigenvalue weighted by molar-refractivity contribution is -0.168. The van der Waals surface area contributed by atoms with Crippen LogP contribution in [0.15, 0.2) is 30.3 Å². The van der Waals surface area contributed by atoms with E-state index in [-0.39, 0.29) is 23.9 Å². The largest absolute Gasteiger partial charge is 0.493 e. The Morgan fingerprint density at radius 2 is 1.68 bits per heavy atom. The van der Waals surface area contributed by atoms with Gasteiger partial charge in [0.25, 0.3) is 0 Å². The molecule has 3 aromatic rings. The number of alkyl halides is 2. The highest BCUT2D eigenvalue weighted by atomic mass is 19.3. The summed E-state index contributed by atoms with van der Waals surface area (Å²) in [4.78, 5) is 9.01. The zero-order valence-electron chi connectivity index (χ0n) is 21.9. The highest BCUT2D eigenvalue weighted by Crippen LogP contribution is 2.40. The Labute approximate surface area is 214 Å². The molecule has 0 radical (unpaired) electrons. The Kier molecular flexibility index (Phi) is 8.72. The number of aryl methyl sites for hydroxylation is 1. The minimum Gasteiger partial charge on any atom is -0.493 e. The molecule has 0 aliphatic rings. The van der Waals surface area contributed by atoms with Gasteiger partial charge in [-0.25, -0.2) is 9.97 Å². The van der Waals surface area contributed by atoms with Crippen LogP contribution in [0.5, 0.6) is 11.5 Å². The number of nitrogen functional groups attached to an aromatic ring is 1. The molecule has 3 rings (SSSR count). The topological polar surface area (TPSA) is 121 Å². The lowest BCUT2D eigenvalue weighted by Crippen LogP contribution is -2.40. The Morgan fingerprint density at radius 3 is 2.27 bits per heavy atom. The van der Waals surface area contributed by atoms with Gasteiger partial charge in [-0.05, 0) is 50.6 Å². The minimum absolute atomic E-state index is 0.143. The van der Waals surface area contributed by atoms with Gasteiger partial charge >= 0.3 is 5.92 Å². The molecule has 11 heteroatoms. The van der Waals surface area contributed by atoms with Crippen molar-refractivity contribution in [2.45, 2.75) is 44.9 Å². The van der Waals surface area contributed by atoms with Gasteiger partial charge in [0, 0.05) is 43.5 Å². The molecule has 0 saturated carbocycles. The number of benzene rings is 2. The molecule has 0 unspecified atom stereocenters. The average molecular weight is 521 g/mol. The summed E-state index contributed by atoms with van der Waals surface area (Å²) in [6, 6.07) is 7.56. The predicted octanol–water partition coefficient (Wildman–Crippen LogP) is 4.04. The van der Waals surface area contributed by atoms with Gasteiger partial charge < -0.3 is 35.1 Å². The van der Waals surface area contributed by atoms with E-state index in [0.29, 0.717) is 52.8 Å². The number of ether oxygens (including phenoxy) is 4. The summed E-state index contributed by atoms with van der Waals surface area (Å²) in [7, 11) is 4.67. The third-order valence-corrected chi connectivity index (χ3v) is 5.70. The lowest BCUT2D eigenvalue weighted by atomic mass is 9.92. The van der Waals surface area contributed by atoms with Crippen LogP contribution >= 0.6 is 0 Å². The molecular weight excluding hydrogens is 486 g/mol. The number of hydrogen-bond acceptors (Lipinski definition) is 9. The first-order valence-electron chi connectivity index (χ1n) is 11.6. The Balaban J connectivity index is 1.98. The van der Waals surface area contributed by atoms with Gasteiger partial charge in [0.15, 0.2) is 11.5 Å². The highest BCUT2D eigenvalue weighted by Gasteiger charge is 2.47. The van der Waals surface area contributed by atoms with Crippen molar-refractivity contribution in [2.24, 2.45) is 0 Å². The van der Waals surface area contributed by atoms with E-state index in [9.17, 15) is 13.9 Å². The van der Waals surface area contributed by atoms with Gasteiger partial charge in [-0.3, -0.25) is 0 Å². The van der Waals surface area contributed by atoms with Crippen molar-refractivity contribution in [1.82, 2.24) is 9.97 Å². The van der Waals surface area contributed by atoms with Crippen molar-refractivity contribution < 1.29 is 32.8 Å². The number of hydrogen-bond donors (Lipinski definition) is 3. The molecule has 0 aliphatic heterocycles. The van der Waals surface area contributed by atoms with Crippen LogP contribution in [0.2, 0.25) is 0 Å². The van der Waals surface area contributed by atoms with Gasteiger partial charge in [0.05, 0.1) is 25.8 Å². The van der Waals surface area contributed by atoms with Crippen molar-refractivity contribution in [3.05, 3.63) is 47.3 Å². The molecule has 37 heavy (non-hydrogen) atoms. The maximum atomic E-state index is 14.8. The van der Waals surface area contributed by atoms with Crippen LogP contribution in [0.3, 0.4) is 0 Å². The molecular formula is C26H34F2N4O5. The standard InChI is InChI=1S/C26H34F2N4O5/c1-15-31-21-11-22(36-6)23(37-19(13-34-4)14-35-5)10-20(21)24(32-15)30-12-16-7-17(9-18(29)8-16)26(27,28)25(2,3)33/h7-11,19,33H,12-14,29H2,1-6H3,(H,30,31,32). The normalized spacial score (nSPS) is 12.3. The quantitative estimate of drug-likeness (QED) is 0.304. The fraction of sp³-hybridized carbons (Fsp3) is 0.462. The first-order chi connectivity index (χ1) is 17.4. The zero-order valence-corrected chi connectivity index (χ0v) is 21.9. The number of rotatable bonds is 12. The maximum Gasteiger partial charge on any atom is 0.300 e. The summed E-state index contributed by atoms with van der Waals surface area (Å²) in [5, 5.41) is 13.8. The van der Waals surface area contributed by atoms with Crippen LogP contribution in [-0.2, 0) is 21.9 Å². The molecule has 202 valence electrons. The number of fused-ring (bicyclic) bond motifs is 1. The number of aromatic nitrogens is 2. The van der Waals surface area contributed by atoms with Gasteiger partial charge in [0.2, 0.25) is 0 Å². The van der Waals surface area contributed by atoms with E-state index < -0.39 is 11.5 Å². The third kappa shape index (κ3) is 6.54. The highest BCUT2D eigenvalue weighted by molar-refractivity contribution is 5.91. The molecule has 0 aliphatic carbocycles. The van der Waals surface area contributed by atoms with Crippen molar-refractivity contribution in [1.29, 1.82) is 0 Å². The average Bonchev–Trinajstić information content (AvgIpc) is 2.81. The van der Waals surface area contributed by atoms with Crippen molar-refractivity contribution in [2.75, 3.05) is 45.6 Å². The monoisotopic (exact) mass is 520 g/mol. The SMILES string of the molecule is COCC(COC)Oc1cc2c(NCc3cc(N)cc(C(F)(F)C(C)(C)O)c3)nc(C)nc2cc1OC. The second kappa shape index (κ2) is 11.4. The maximum absolute atomic E-state index is 14.8. The van der Waals surface area contributed by atoms with E-state index in [0.717, 1.165) is 19.9 Å². The molecule has 0 atom stereocenters. The molecule has 2 aromatic carbocycles. The van der Waals surface area contributed by atoms with E-state index in [1.165, 1.54) is 13.2 Å². The summed E-state index contributed by atoms with van der Waals surface area (Å²) in [5.41, 5.74) is 4.54. The molecule has 4 N–H and O–H groups in total. The first-order valence-corrected chi connectivity index (χ1v) is 11.6. The number of halogens is 2. The smallest absolute Gasteiger partial charge is 0.300 e. The van der Waals surface area contributed by atoms with E-state index >= 15 is 0 Å². The molecule has 0 saturated heterocycles. The van der Waals surface area contributed by atoms with Crippen molar-refractivity contribution in [3.63, 3.8) is 0 Å². The summed E-state index contributed by atoms with van der Waals surface area (Å²) in [6.45, 7) is 4.61. The van der Waals surface area contributed by atoms with E-state index in [4.69, 9.17) is 24.7 Å². The number of nitrogens with zero attached hydrogens (tertiary/aromatic N) is 2. The molecule has 9 nitrogen and oxygen atoms in total. The molecule has 0 amide bonds. The van der Waals surface area contributed by atoms with Crippen LogP contribution in [0.1, 0.15) is 30.8 Å². The number of anilines is 2. The van der Waals surface area contributed by atoms with E-state index in [2.05, 4.69) is 15.3 Å². The third-order valence-electron chi connectivity index (χ3n) is 5.70. The van der Waals surface area contributed by atoms with Crippen LogP contribution in [0, 0.1) is 6.92 Å². The summed E-state index contributed by atoms with van der Waals surface area (Å²) >= 11 is 0. The second-order valence-electron chi connectivity index (χ2n) is 9.24. The summed E-state index contributed by atoms with van der Waals surface area (Å²) in [5.74, 6) is -1.60. The first kappa shape index (κ1) is 28.3. The fourth-order valence-electron chi connectivity index (χ4n) is 3.85. The van der Waals surface area contributed by atoms with Gasteiger partial charge in [-0.2, -0.15) is 8.78 Å². The van der Waals surface area contributed by atoms with Crippen LogP contribution < -0.4 is 20.5 Å². The number of aliphatic hydroxyl groups is 1. The van der Waals surface area contributed by atoms with Gasteiger partial charge in [0.1, 0.15) is 23.3 Å². The van der Waals surface area contributed by atoms with Gasteiger partial charge in [-0.1, -0.05) is 0 Å². The number of nitrogens with two attached hydrogens (primary N) is 1. The Bertz CT molecular complexity index is 1230.